The van der Waals surface area contributed by atoms with Crippen LogP contribution in [0.2, 0.25) is 0 Å². The average Bonchev–Trinajstić information content (AvgIpc) is 2.47. The van der Waals surface area contributed by atoms with Crippen molar-refractivity contribution in [2.45, 2.75) is 0 Å². The molecule has 20 heavy (non-hydrogen) atoms. The Bertz CT molecular complexity index is 609. The lowest BCUT2D eigenvalue weighted by Crippen LogP contribution is -2.24. The standard InChI is InChI=1S/C15H15N3O2/c1-2-8-18-15(19)14-10-13(7-9-17-14)20-12-5-3-11(16)4-6-12/h2-7,9-10H,1,8,16H2,(H,18,19). The van der Waals surface area contributed by atoms with Crippen LogP contribution in [-0.4, -0.2) is 17.4 Å². The number of nitrogens with two attached hydrogens (primary N) is 1. The first-order chi connectivity index (χ1) is 9.69. The highest BCUT2D eigenvalue weighted by atomic mass is 16.5. The van der Waals surface area contributed by atoms with Crippen molar-refractivity contribution < 1.29 is 9.53 Å². The summed E-state index contributed by atoms with van der Waals surface area (Å²) in [6.07, 6.45) is 3.13. The van der Waals surface area contributed by atoms with Gasteiger partial charge in [-0.1, -0.05) is 6.08 Å². The van der Waals surface area contributed by atoms with Crippen LogP contribution in [0, 0.1) is 0 Å². The average molecular weight is 269 g/mol. The van der Waals surface area contributed by atoms with Crippen molar-refractivity contribution in [2.24, 2.45) is 0 Å². The van der Waals surface area contributed by atoms with E-state index in [1.54, 1.807) is 42.5 Å². The first kappa shape index (κ1) is 13.6. The van der Waals surface area contributed by atoms with Crippen LogP contribution in [0.25, 0.3) is 0 Å². The third kappa shape index (κ3) is 3.58. The summed E-state index contributed by atoms with van der Waals surface area (Å²) in [4.78, 5) is 15.8. The smallest absolute Gasteiger partial charge is 0.270 e. The number of hydrogen-bond donors (Lipinski definition) is 2. The van der Waals surface area contributed by atoms with Gasteiger partial charge < -0.3 is 15.8 Å². The summed E-state index contributed by atoms with van der Waals surface area (Å²) in [6.45, 7) is 3.93. The van der Waals surface area contributed by atoms with Gasteiger partial charge in [-0.05, 0) is 30.3 Å². The molecule has 1 heterocycles. The highest BCUT2D eigenvalue weighted by Gasteiger charge is 2.07. The molecule has 0 saturated carbocycles. The molecule has 0 aliphatic carbocycles. The highest BCUT2D eigenvalue weighted by molar-refractivity contribution is 5.92. The Morgan fingerprint density at radius 2 is 2.05 bits per heavy atom. The predicted molar refractivity (Wildman–Crippen MR) is 77.7 cm³/mol. The normalized spacial score (nSPS) is 9.80. The lowest BCUT2D eigenvalue weighted by molar-refractivity contribution is 0.0952. The lowest BCUT2D eigenvalue weighted by atomic mass is 10.3. The van der Waals surface area contributed by atoms with Crippen molar-refractivity contribution in [2.75, 3.05) is 12.3 Å². The Kier molecular flexibility index (Phi) is 4.34. The van der Waals surface area contributed by atoms with E-state index in [9.17, 15) is 4.79 Å². The van der Waals surface area contributed by atoms with Crippen LogP contribution in [0.3, 0.4) is 0 Å². The molecule has 0 bridgehead atoms. The molecule has 1 aromatic carbocycles. The second kappa shape index (κ2) is 6.38. The first-order valence-electron chi connectivity index (χ1n) is 6.07. The summed E-state index contributed by atoms with van der Waals surface area (Å²) < 4.78 is 5.63. The zero-order chi connectivity index (χ0) is 14.4. The van der Waals surface area contributed by atoms with E-state index in [1.807, 2.05) is 0 Å². The van der Waals surface area contributed by atoms with Crippen LogP contribution in [0.5, 0.6) is 11.5 Å². The van der Waals surface area contributed by atoms with Crippen molar-refractivity contribution >= 4 is 11.6 Å². The van der Waals surface area contributed by atoms with E-state index < -0.39 is 0 Å². The van der Waals surface area contributed by atoms with E-state index in [4.69, 9.17) is 10.5 Å². The lowest BCUT2D eigenvalue weighted by Gasteiger charge is -2.07. The van der Waals surface area contributed by atoms with Crippen LogP contribution >= 0.6 is 0 Å². The number of carbonyl (C=O) groups is 1. The van der Waals surface area contributed by atoms with Crippen LogP contribution in [0.1, 0.15) is 10.5 Å². The number of carbonyl (C=O) groups excluding carboxylic acids is 1. The Labute approximate surface area is 117 Å². The predicted octanol–water partition coefficient (Wildman–Crippen LogP) is 2.37. The fourth-order valence-electron chi connectivity index (χ4n) is 1.53. The van der Waals surface area contributed by atoms with Gasteiger partial charge in [-0.15, -0.1) is 6.58 Å². The van der Waals surface area contributed by atoms with Gasteiger partial charge in [0.2, 0.25) is 0 Å². The molecule has 0 saturated heterocycles. The van der Waals surface area contributed by atoms with Crippen molar-refractivity contribution in [1.82, 2.24) is 10.3 Å². The van der Waals surface area contributed by atoms with Gasteiger partial charge in [-0.25, -0.2) is 0 Å². The quantitative estimate of drug-likeness (QED) is 0.645. The number of nitrogen functional groups attached to an aromatic ring is 1. The van der Waals surface area contributed by atoms with Gasteiger partial charge in [-0.2, -0.15) is 0 Å². The van der Waals surface area contributed by atoms with Crippen molar-refractivity contribution in [1.29, 1.82) is 0 Å². The minimum atomic E-state index is -0.271. The Morgan fingerprint density at radius 3 is 2.75 bits per heavy atom. The van der Waals surface area contributed by atoms with Crippen molar-refractivity contribution in [3.8, 4) is 11.5 Å². The second-order valence-electron chi connectivity index (χ2n) is 4.05. The fourth-order valence-corrected chi connectivity index (χ4v) is 1.53. The maximum atomic E-state index is 11.8. The van der Waals surface area contributed by atoms with E-state index in [2.05, 4.69) is 16.9 Å². The maximum absolute atomic E-state index is 11.8. The molecule has 1 aromatic heterocycles. The molecule has 5 nitrogen and oxygen atoms in total. The molecule has 2 aromatic rings. The molecule has 0 fully saturated rings. The van der Waals surface area contributed by atoms with E-state index >= 15 is 0 Å². The van der Waals surface area contributed by atoms with E-state index in [0.717, 1.165) is 0 Å². The van der Waals surface area contributed by atoms with Gasteiger partial charge in [-0.3, -0.25) is 9.78 Å². The topological polar surface area (TPSA) is 77.2 Å². The Hall–Kier alpha value is -2.82. The molecule has 0 aliphatic rings. The van der Waals surface area contributed by atoms with Crippen LogP contribution < -0.4 is 15.8 Å². The Balaban J connectivity index is 2.11. The molecule has 2 rings (SSSR count). The minimum Gasteiger partial charge on any atom is -0.457 e. The monoisotopic (exact) mass is 269 g/mol. The number of rotatable bonds is 5. The number of amides is 1. The molecule has 0 atom stereocenters. The summed E-state index contributed by atoms with van der Waals surface area (Å²) in [5.41, 5.74) is 6.56. The third-order valence-electron chi connectivity index (χ3n) is 2.49. The number of benzene rings is 1. The van der Waals surface area contributed by atoms with Crippen molar-refractivity contribution in [3.63, 3.8) is 0 Å². The van der Waals surface area contributed by atoms with Gasteiger partial charge in [0, 0.05) is 24.5 Å². The number of pyridine rings is 1. The second-order valence-corrected chi connectivity index (χ2v) is 4.05. The molecular formula is C15H15N3O2. The summed E-state index contributed by atoms with van der Waals surface area (Å²) in [7, 11) is 0. The summed E-state index contributed by atoms with van der Waals surface area (Å²) in [6, 6.07) is 10.3. The molecule has 1 amide bonds. The molecule has 0 spiro atoms. The van der Waals surface area contributed by atoms with Crippen molar-refractivity contribution in [3.05, 3.63) is 60.9 Å². The van der Waals surface area contributed by atoms with E-state index in [-0.39, 0.29) is 5.91 Å². The molecule has 102 valence electrons. The number of nitrogens with zero attached hydrogens (tertiary/aromatic N) is 1. The zero-order valence-electron chi connectivity index (χ0n) is 10.9. The number of ether oxygens (including phenoxy) is 1. The number of aromatic nitrogens is 1. The largest absolute Gasteiger partial charge is 0.457 e. The first-order valence-corrected chi connectivity index (χ1v) is 6.07. The van der Waals surface area contributed by atoms with Crippen LogP contribution in [-0.2, 0) is 0 Å². The Morgan fingerprint density at radius 1 is 1.30 bits per heavy atom. The fraction of sp³-hybridized carbons (Fsp3) is 0.0667. The van der Waals surface area contributed by atoms with E-state index in [1.165, 1.54) is 6.20 Å². The van der Waals surface area contributed by atoms with E-state index in [0.29, 0.717) is 29.4 Å². The molecule has 0 aliphatic heterocycles. The molecule has 0 radical (unpaired) electrons. The zero-order valence-corrected chi connectivity index (χ0v) is 10.9. The number of hydrogen-bond acceptors (Lipinski definition) is 4. The molecular weight excluding hydrogens is 254 g/mol. The SMILES string of the molecule is C=CCNC(=O)c1cc(Oc2ccc(N)cc2)ccn1. The number of anilines is 1. The van der Waals surface area contributed by atoms with Crippen LogP contribution in [0.15, 0.2) is 55.3 Å². The third-order valence-corrected chi connectivity index (χ3v) is 2.49. The summed E-state index contributed by atoms with van der Waals surface area (Å²) in [5.74, 6) is 0.907. The van der Waals surface area contributed by atoms with Gasteiger partial charge >= 0.3 is 0 Å². The molecule has 3 N–H and O–H groups in total. The molecule has 5 heteroatoms. The number of nitrogens with one attached hydrogen (secondary N) is 1. The van der Waals surface area contributed by atoms with Gasteiger partial charge in [0.1, 0.15) is 17.2 Å². The summed E-state index contributed by atoms with van der Waals surface area (Å²) in [5, 5.41) is 2.66. The molecule has 0 unspecified atom stereocenters. The maximum Gasteiger partial charge on any atom is 0.270 e. The van der Waals surface area contributed by atoms with Gasteiger partial charge in [0.05, 0.1) is 0 Å². The minimum absolute atomic E-state index is 0.271. The summed E-state index contributed by atoms with van der Waals surface area (Å²) >= 11 is 0. The van der Waals surface area contributed by atoms with Crippen LogP contribution in [0.4, 0.5) is 5.69 Å². The highest BCUT2D eigenvalue weighted by Crippen LogP contribution is 2.22. The van der Waals surface area contributed by atoms with Gasteiger partial charge in [0.15, 0.2) is 0 Å². The van der Waals surface area contributed by atoms with Gasteiger partial charge in [0.25, 0.3) is 5.91 Å².